The van der Waals surface area contributed by atoms with Crippen molar-refractivity contribution in [3.63, 3.8) is 0 Å². The molecule has 1 nitrogen and oxygen atoms in total. The van der Waals surface area contributed by atoms with Crippen molar-refractivity contribution in [3.8, 4) is 28.0 Å². The highest BCUT2D eigenvalue weighted by Gasteiger charge is 2.42. The second kappa shape index (κ2) is 11.1. The molecular weight excluding hydrogens is 573 g/mol. The summed E-state index contributed by atoms with van der Waals surface area (Å²) in [5, 5.41) is 0. The molecule has 4 rings (SSSR count). The van der Waals surface area contributed by atoms with Gasteiger partial charge >= 0.3 is 12.3 Å². The molecule has 0 aliphatic carbocycles. The summed E-state index contributed by atoms with van der Waals surface area (Å²) in [6, 6.07) is 8.88. The van der Waals surface area contributed by atoms with E-state index in [4.69, 9.17) is 0 Å². The third-order valence-electron chi connectivity index (χ3n) is 6.12. The monoisotopic (exact) mass is 590 g/mol. The van der Waals surface area contributed by atoms with Gasteiger partial charge in [0.15, 0.2) is 23.3 Å². The molecule has 0 spiro atoms. The van der Waals surface area contributed by atoms with Crippen molar-refractivity contribution in [2.75, 3.05) is 0 Å². The van der Waals surface area contributed by atoms with E-state index in [-0.39, 0.29) is 23.8 Å². The number of halogens is 11. The molecule has 0 atom stereocenters. The van der Waals surface area contributed by atoms with Gasteiger partial charge in [-0.1, -0.05) is 55.8 Å². The third kappa shape index (κ3) is 5.86. The highest BCUT2D eigenvalue weighted by molar-refractivity contribution is 5.72. The van der Waals surface area contributed by atoms with Gasteiger partial charge in [0, 0.05) is 28.8 Å². The molecule has 0 heterocycles. The molecule has 216 valence electrons. The zero-order chi connectivity index (χ0) is 30.3. The molecule has 0 bridgehead atoms. The second-order valence-electron chi connectivity index (χ2n) is 8.90. The fraction of sp³-hybridized carbons (Fsp3) is 0.172. The predicted molar refractivity (Wildman–Crippen MR) is 127 cm³/mol. The lowest BCUT2D eigenvalue weighted by molar-refractivity contribution is -0.188. The Labute approximate surface area is 225 Å². The predicted octanol–water partition coefficient (Wildman–Crippen LogP) is 9.95. The lowest BCUT2D eigenvalue weighted by Crippen LogP contribution is -2.24. The first-order valence-electron chi connectivity index (χ1n) is 11.8. The van der Waals surface area contributed by atoms with E-state index in [2.05, 4.69) is 4.74 Å². The van der Waals surface area contributed by atoms with Gasteiger partial charge in [0.05, 0.1) is 0 Å². The normalized spacial score (nSPS) is 12.1. The quantitative estimate of drug-likeness (QED) is 0.195. The van der Waals surface area contributed by atoms with E-state index < -0.39 is 75.2 Å². The van der Waals surface area contributed by atoms with Crippen LogP contribution in [0.5, 0.6) is 5.75 Å². The summed E-state index contributed by atoms with van der Waals surface area (Å²) in [5.74, 6) is -13.4. The van der Waals surface area contributed by atoms with Gasteiger partial charge in [0.2, 0.25) is 0 Å². The Morgan fingerprint density at radius 3 is 1.63 bits per heavy atom. The van der Waals surface area contributed by atoms with Crippen LogP contribution in [0.25, 0.3) is 22.3 Å². The van der Waals surface area contributed by atoms with E-state index in [0.717, 1.165) is 30.5 Å². The lowest BCUT2D eigenvalue weighted by atomic mass is 9.96. The Hall–Kier alpha value is -4.09. The molecule has 0 unspecified atom stereocenters. The van der Waals surface area contributed by atoms with Crippen molar-refractivity contribution in [2.45, 2.75) is 32.1 Å². The highest BCUT2D eigenvalue weighted by atomic mass is 19.4. The largest absolute Gasteiger partial charge is 0.429 e. The lowest BCUT2D eigenvalue weighted by Gasteiger charge is -2.20. The van der Waals surface area contributed by atoms with Crippen molar-refractivity contribution in [3.05, 3.63) is 112 Å². The molecule has 4 aromatic rings. The fourth-order valence-electron chi connectivity index (χ4n) is 4.18. The van der Waals surface area contributed by atoms with Gasteiger partial charge in [-0.2, -0.15) is 22.0 Å². The van der Waals surface area contributed by atoms with Crippen LogP contribution in [0.1, 0.15) is 30.0 Å². The summed E-state index contributed by atoms with van der Waals surface area (Å²) in [5.41, 5.74) is -4.87. The van der Waals surface area contributed by atoms with Crippen LogP contribution in [0.4, 0.5) is 48.3 Å². The molecule has 4 aromatic carbocycles. The van der Waals surface area contributed by atoms with Gasteiger partial charge in [-0.05, 0) is 23.6 Å². The number of hydrogen-bond acceptors (Lipinski definition) is 1. The minimum Gasteiger partial charge on any atom is -0.429 e. The smallest absolute Gasteiger partial charge is 0.429 e. The molecule has 0 N–H and O–H groups in total. The summed E-state index contributed by atoms with van der Waals surface area (Å²) in [6.07, 6.45) is -8.73. The number of rotatable bonds is 7. The van der Waals surface area contributed by atoms with Crippen LogP contribution in [-0.2, 0) is 18.7 Å². The van der Waals surface area contributed by atoms with Gasteiger partial charge in [-0.15, -0.1) is 0 Å². The molecule has 0 aliphatic heterocycles. The first-order valence-corrected chi connectivity index (χ1v) is 11.8. The van der Waals surface area contributed by atoms with E-state index in [1.807, 2.05) is 6.92 Å². The Balaban J connectivity index is 1.67. The number of alkyl halides is 5. The maximum Gasteiger partial charge on any atom is 0.429 e. The number of aryl methyl sites for hydroxylation is 1. The van der Waals surface area contributed by atoms with Gasteiger partial charge in [0.25, 0.3) is 0 Å². The topological polar surface area (TPSA) is 9.23 Å². The van der Waals surface area contributed by atoms with Crippen molar-refractivity contribution in [1.82, 2.24) is 0 Å². The summed E-state index contributed by atoms with van der Waals surface area (Å²) in [7, 11) is 0. The molecule has 12 heteroatoms. The minimum absolute atomic E-state index is 0.192. The van der Waals surface area contributed by atoms with E-state index in [0.29, 0.717) is 11.6 Å². The molecule has 0 saturated carbocycles. The van der Waals surface area contributed by atoms with Crippen LogP contribution in [0.2, 0.25) is 0 Å². The Morgan fingerprint density at radius 2 is 1.10 bits per heavy atom. The third-order valence-corrected chi connectivity index (χ3v) is 6.12. The zero-order valence-electron chi connectivity index (χ0n) is 20.8. The van der Waals surface area contributed by atoms with E-state index in [1.54, 1.807) is 24.3 Å². The van der Waals surface area contributed by atoms with Crippen LogP contribution in [0.3, 0.4) is 0 Å². The Bertz CT molecular complexity index is 1570. The summed E-state index contributed by atoms with van der Waals surface area (Å²) >= 11 is 0. The summed E-state index contributed by atoms with van der Waals surface area (Å²) < 4.78 is 158. The standard InChI is InChI=1S/C29H17F11O/c1-2-3-14-4-6-15(7-5-14)17-8-9-18(25(33)24(17)32)19-10-11-20(27(35)26(19)34)29(39,40)41-16-12-21(30)23(22(31)13-16)28(36,37)38/h4-13H,2-3H2,1H3. The Kier molecular flexibility index (Phi) is 8.06. The fourth-order valence-corrected chi connectivity index (χ4v) is 4.18. The molecular formula is C29H17F11O. The van der Waals surface area contributed by atoms with Crippen molar-refractivity contribution in [2.24, 2.45) is 0 Å². The SMILES string of the molecule is CCCc1ccc(-c2ccc(-c3ccc(C(F)(F)Oc4cc(F)c(C(F)(F)F)c(F)c4)c(F)c3F)c(F)c2F)cc1. The molecule has 0 fully saturated rings. The average Bonchev–Trinajstić information content (AvgIpc) is 2.86. The highest BCUT2D eigenvalue weighted by Crippen LogP contribution is 2.40. The number of benzene rings is 4. The maximum atomic E-state index is 15.0. The van der Waals surface area contributed by atoms with Gasteiger partial charge in [0.1, 0.15) is 28.5 Å². The minimum atomic E-state index is -5.49. The van der Waals surface area contributed by atoms with E-state index in [9.17, 15) is 48.3 Å². The first kappa shape index (κ1) is 29.9. The summed E-state index contributed by atoms with van der Waals surface area (Å²) in [4.78, 5) is 0. The number of ether oxygens (including phenoxy) is 1. The molecule has 0 aliphatic rings. The first-order chi connectivity index (χ1) is 19.2. The zero-order valence-corrected chi connectivity index (χ0v) is 20.8. The average molecular weight is 590 g/mol. The molecule has 0 saturated heterocycles. The van der Waals surface area contributed by atoms with Crippen LogP contribution in [0, 0.1) is 34.9 Å². The number of hydrogen-bond donors (Lipinski definition) is 0. The van der Waals surface area contributed by atoms with E-state index >= 15 is 0 Å². The molecule has 0 aromatic heterocycles. The maximum absolute atomic E-state index is 15.0. The molecule has 0 amide bonds. The molecule has 0 radical (unpaired) electrons. The van der Waals surface area contributed by atoms with Crippen molar-refractivity contribution < 1.29 is 53.0 Å². The van der Waals surface area contributed by atoms with Gasteiger partial charge in [-0.25, -0.2) is 26.3 Å². The van der Waals surface area contributed by atoms with E-state index in [1.165, 1.54) is 0 Å². The second-order valence-corrected chi connectivity index (χ2v) is 8.90. The Morgan fingerprint density at radius 1 is 0.610 bits per heavy atom. The van der Waals surface area contributed by atoms with Crippen LogP contribution in [0.15, 0.2) is 60.7 Å². The molecule has 41 heavy (non-hydrogen) atoms. The van der Waals surface area contributed by atoms with Crippen molar-refractivity contribution >= 4 is 0 Å². The van der Waals surface area contributed by atoms with Gasteiger partial charge < -0.3 is 4.74 Å². The van der Waals surface area contributed by atoms with Crippen LogP contribution in [-0.4, -0.2) is 0 Å². The van der Waals surface area contributed by atoms with Gasteiger partial charge in [-0.3, -0.25) is 0 Å². The van der Waals surface area contributed by atoms with Crippen molar-refractivity contribution in [1.29, 1.82) is 0 Å². The van der Waals surface area contributed by atoms with Crippen LogP contribution >= 0.6 is 0 Å². The summed E-state index contributed by atoms with van der Waals surface area (Å²) in [6.45, 7) is 1.96. The van der Waals surface area contributed by atoms with Crippen LogP contribution < -0.4 is 4.74 Å².